The van der Waals surface area contributed by atoms with Gasteiger partial charge in [-0.05, 0) is 41.7 Å². The van der Waals surface area contributed by atoms with Crippen molar-refractivity contribution in [2.45, 2.75) is 12.3 Å². The molecule has 19 heavy (non-hydrogen) atoms. The van der Waals surface area contributed by atoms with Crippen LogP contribution in [0.5, 0.6) is 0 Å². The first kappa shape index (κ1) is 15.4. The van der Waals surface area contributed by atoms with E-state index in [-0.39, 0.29) is 0 Å². The van der Waals surface area contributed by atoms with Gasteiger partial charge in [-0.3, -0.25) is 0 Å². The van der Waals surface area contributed by atoms with Crippen LogP contribution in [0.25, 0.3) is 0 Å². The monoisotopic (exact) mass is 420 g/mol. The normalized spacial score (nSPS) is 12.4. The number of hydrogen-bond acceptors (Lipinski definition) is 0. The van der Waals surface area contributed by atoms with Crippen molar-refractivity contribution in [1.82, 2.24) is 0 Å². The Morgan fingerprint density at radius 2 is 1.79 bits per heavy atom. The molecule has 2 aromatic rings. The van der Waals surface area contributed by atoms with Gasteiger partial charge < -0.3 is 0 Å². The minimum Gasteiger partial charge on any atom is -0.0921 e. The molecule has 0 aliphatic carbocycles. The van der Waals surface area contributed by atoms with E-state index in [2.05, 4.69) is 50.1 Å². The summed E-state index contributed by atoms with van der Waals surface area (Å²) in [4.78, 5) is 0. The molecule has 2 rings (SSSR count). The van der Waals surface area contributed by atoms with E-state index >= 15 is 0 Å². The molecule has 4 heteroatoms. The Morgan fingerprint density at radius 1 is 1.05 bits per heavy atom. The number of halogens is 4. The van der Waals surface area contributed by atoms with Gasteiger partial charge >= 0.3 is 0 Å². The average molecular weight is 423 g/mol. The van der Waals surface area contributed by atoms with E-state index in [1.54, 1.807) is 6.07 Å². The molecular weight excluding hydrogens is 411 g/mol. The van der Waals surface area contributed by atoms with Crippen LogP contribution in [0.4, 0.5) is 0 Å². The van der Waals surface area contributed by atoms with Gasteiger partial charge in [-0.2, -0.15) is 0 Å². The van der Waals surface area contributed by atoms with Crippen molar-refractivity contribution in [3.05, 3.63) is 68.1 Å². The fourth-order valence-corrected chi connectivity index (χ4v) is 3.68. The van der Waals surface area contributed by atoms with E-state index < -0.39 is 0 Å². The lowest BCUT2D eigenvalue weighted by Crippen LogP contribution is -2.05. The third-order valence-electron chi connectivity index (χ3n) is 3.01. The highest BCUT2D eigenvalue weighted by atomic mass is 79.9. The first-order valence-corrected chi connectivity index (χ1v) is 8.53. The summed E-state index contributed by atoms with van der Waals surface area (Å²) in [5, 5.41) is 2.28. The van der Waals surface area contributed by atoms with E-state index in [9.17, 15) is 0 Å². The first-order chi connectivity index (χ1) is 9.11. The van der Waals surface area contributed by atoms with Crippen LogP contribution >= 0.6 is 55.1 Å². The maximum absolute atomic E-state index is 6.25. The minimum absolute atomic E-state index is 0.370. The number of alkyl halides is 1. The summed E-state index contributed by atoms with van der Waals surface area (Å²) in [7, 11) is 0. The maximum Gasteiger partial charge on any atom is 0.0453 e. The topological polar surface area (TPSA) is 0 Å². The summed E-state index contributed by atoms with van der Waals surface area (Å²) < 4.78 is 1.13. The van der Waals surface area contributed by atoms with Crippen molar-refractivity contribution in [2.24, 2.45) is 0 Å². The molecule has 0 aliphatic rings. The van der Waals surface area contributed by atoms with Crippen LogP contribution in [0.1, 0.15) is 17.0 Å². The molecule has 0 aliphatic heterocycles. The largest absolute Gasteiger partial charge is 0.0921 e. The fourth-order valence-electron chi connectivity index (χ4n) is 2.01. The predicted octanol–water partition coefficient (Wildman–Crippen LogP) is 6.48. The van der Waals surface area contributed by atoms with Crippen LogP contribution in [0, 0.1) is 0 Å². The number of benzene rings is 2. The summed E-state index contributed by atoms with van der Waals surface area (Å²) in [5.41, 5.74) is 2.40. The van der Waals surface area contributed by atoms with Crippen molar-refractivity contribution >= 4 is 55.1 Å². The molecule has 0 aromatic heterocycles. The molecule has 0 nitrogen and oxygen atoms in total. The number of rotatable bonds is 4. The van der Waals surface area contributed by atoms with Crippen molar-refractivity contribution in [2.75, 3.05) is 5.33 Å². The predicted molar refractivity (Wildman–Crippen MR) is 90.8 cm³/mol. The second-order valence-electron chi connectivity index (χ2n) is 4.31. The highest BCUT2D eigenvalue weighted by Crippen LogP contribution is 2.32. The minimum atomic E-state index is 0.370. The molecule has 0 spiro atoms. The van der Waals surface area contributed by atoms with E-state index in [4.69, 9.17) is 23.2 Å². The second-order valence-corrected chi connectivity index (χ2v) is 6.66. The van der Waals surface area contributed by atoms with Gasteiger partial charge in [0, 0.05) is 19.8 Å². The van der Waals surface area contributed by atoms with Gasteiger partial charge in [0.1, 0.15) is 0 Å². The molecule has 0 fully saturated rings. The third kappa shape index (κ3) is 3.98. The Labute approximate surface area is 140 Å². The molecule has 0 radical (unpaired) electrons. The maximum atomic E-state index is 6.25. The first-order valence-electron chi connectivity index (χ1n) is 5.86. The van der Waals surface area contributed by atoms with Crippen LogP contribution in [-0.4, -0.2) is 5.33 Å². The van der Waals surface area contributed by atoms with Gasteiger partial charge in [0.15, 0.2) is 0 Å². The van der Waals surface area contributed by atoms with Gasteiger partial charge in [-0.15, -0.1) is 0 Å². The average Bonchev–Trinajstić information content (AvgIpc) is 2.39. The lowest BCUT2D eigenvalue weighted by atomic mass is 9.94. The Bertz CT molecular complexity index is 570. The second kappa shape index (κ2) is 7.12. The highest BCUT2D eigenvalue weighted by molar-refractivity contribution is 9.10. The molecule has 0 bridgehead atoms. The van der Waals surface area contributed by atoms with Gasteiger partial charge in [0.05, 0.1) is 0 Å². The van der Waals surface area contributed by atoms with Gasteiger partial charge in [-0.1, -0.05) is 79.3 Å². The Kier molecular flexibility index (Phi) is 5.76. The molecule has 0 heterocycles. The van der Waals surface area contributed by atoms with E-state index in [0.717, 1.165) is 26.8 Å². The summed E-state index contributed by atoms with van der Waals surface area (Å²) in [5.74, 6) is 0.370. The smallest absolute Gasteiger partial charge is 0.0453 e. The van der Waals surface area contributed by atoms with Crippen LogP contribution in [0.2, 0.25) is 10.0 Å². The Morgan fingerprint density at radius 3 is 2.42 bits per heavy atom. The molecule has 0 saturated heterocycles. The molecule has 0 saturated carbocycles. The van der Waals surface area contributed by atoms with Gasteiger partial charge in [-0.25, -0.2) is 0 Å². The SMILES string of the molecule is Clc1ccc(CC(CBr)c2ccccc2Br)c(Cl)c1. The van der Waals surface area contributed by atoms with Gasteiger partial charge in [0.25, 0.3) is 0 Å². The zero-order valence-electron chi connectivity index (χ0n) is 10.0. The van der Waals surface area contributed by atoms with Crippen molar-refractivity contribution in [1.29, 1.82) is 0 Å². The Hall–Kier alpha value is -0.0200. The third-order valence-corrected chi connectivity index (χ3v) is 5.10. The van der Waals surface area contributed by atoms with Crippen molar-refractivity contribution in [3.63, 3.8) is 0 Å². The number of hydrogen-bond donors (Lipinski definition) is 0. The fraction of sp³-hybridized carbons (Fsp3) is 0.200. The summed E-state index contributed by atoms with van der Waals surface area (Å²) in [6.07, 6.45) is 0.879. The molecule has 100 valence electrons. The van der Waals surface area contributed by atoms with Crippen LogP contribution in [0.3, 0.4) is 0 Å². The molecule has 1 unspecified atom stereocenters. The molecule has 2 aromatic carbocycles. The van der Waals surface area contributed by atoms with Crippen molar-refractivity contribution < 1.29 is 0 Å². The van der Waals surface area contributed by atoms with Crippen molar-refractivity contribution in [3.8, 4) is 0 Å². The van der Waals surface area contributed by atoms with E-state index in [1.165, 1.54) is 5.56 Å². The Balaban J connectivity index is 2.27. The molecular formula is C15H12Br2Cl2. The lowest BCUT2D eigenvalue weighted by molar-refractivity contribution is 0.772. The summed E-state index contributed by atoms with van der Waals surface area (Å²) in [6, 6.07) is 14.0. The zero-order valence-corrected chi connectivity index (χ0v) is 14.7. The summed E-state index contributed by atoms with van der Waals surface area (Å²) in [6.45, 7) is 0. The standard InChI is InChI=1S/C15H12Br2Cl2/c16-9-11(13-3-1-2-4-14(13)17)7-10-5-6-12(18)8-15(10)19/h1-6,8,11H,7,9H2. The van der Waals surface area contributed by atoms with Crippen LogP contribution < -0.4 is 0 Å². The molecule has 0 N–H and O–H groups in total. The van der Waals surface area contributed by atoms with E-state index in [0.29, 0.717) is 10.9 Å². The molecule has 0 amide bonds. The van der Waals surface area contributed by atoms with Crippen LogP contribution in [0.15, 0.2) is 46.9 Å². The van der Waals surface area contributed by atoms with Gasteiger partial charge in [0.2, 0.25) is 0 Å². The lowest BCUT2D eigenvalue weighted by Gasteiger charge is -2.17. The van der Waals surface area contributed by atoms with Crippen LogP contribution in [-0.2, 0) is 6.42 Å². The van der Waals surface area contributed by atoms with E-state index in [1.807, 2.05) is 18.2 Å². The zero-order chi connectivity index (χ0) is 13.8. The molecule has 1 atom stereocenters. The highest BCUT2D eigenvalue weighted by Gasteiger charge is 2.15. The summed E-state index contributed by atoms with van der Waals surface area (Å²) >= 11 is 19.4. The quantitative estimate of drug-likeness (QED) is 0.495.